The molecule has 0 spiro atoms. The van der Waals surface area contributed by atoms with E-state index in [1.165, 1.54) is 28.7 Å². The fourth-order valence-corrected chi connectivity index (χ4v) is 11.8. The standard InChI is InChI=1S/C26H32N2O3.C26H30N2O3.C21H24N2O/c2*1-26(2,3)31-25(29)28-15-14-24(21-10-12-23(30-4)13-11-21)22(18-28)9-8-19-6-5-7-20(16-19)17-27;1-24-20-9-7-18(8-10-20)21-11-12-23-15-19(21)6-5-16-3-2-4-17(13-16)14-22/h5-7,10-13,16,22,24H,8-9,14-15,18H2,1-4H3;5-13,16,22,24H,14-15,18H2,1-4H3;2-4,7-10,13,19,21,23H,5-6,11-12,15H2,1H3/b;9-8+;/t2*22-,24+;19-,21+/m111/s1. The molecule has 0 radical (unpaired) electrons. The van der Waals surface area contributed by atoms with Crippen molar-refractivity contribution in [3.8, 4) is 35.5 Å². The number of piperidine rings is 3. The first-order valence-electron chi connectivity index (χ1n) is 30.1. The Balaban J connectivity index is 0.000000186. The van der Waals surface area contributed by atoms with Gasteiger partial charge in [-0.1, -0.05) is 84.9 Å². The van der Waals surface area contributed by atoms with Crippen molar-refractivity contribution in [3.63, 3.8) is 0 Å². The highest BCUT2D eigenvalue weighted by atomic mass is 16.6. The number of likely N-dealkylation sites (tertiary alicyclic amines) is 2. The van der Waals surface area contributed by atoms with Crippen molar-refractivity contribution in [1.29, 1.82) is 15.8 Å². The molecule has 3 saturated heterocycles. The second kappa shape index (κ2) is 31.5. The van der Waals surface area contributed by atoms with Crippen LogP contribution in [0.5, 0.6) is 17.2 Å². The van der Waals surface area contributed by atoms with Gasteiger partial charge < -0.3 is 38.8 Å². The third kappa shape index (κ3) is 19.8. The number of aryl methyl sites for hydroxylation is 2. The Morgan fingerprint density at radius 1 is 0.535 bits per heavy atom. The average molecular weight is 1160 g/mol. The summed E-state index contributed by atoms with van der Waals surface area (Å²) in [5, 5.41) is 30.9. The molecule has 0 bridgehead atoms. The van der Waals surface area contributed by atoms with Crippen molar-refractivity contribution in [1.82, 2.24) is 15.1 Å². The van der Waals surface area contributed by atoms with Gasteiger partial charge in [0.2, 0.25) is 0 Å². The summed E-state index contributed by atoms with van der Waals surface area (Å²) in [4.78, 5) is 29.0. The molecule has 0 unspecified atom stereocenters. The molecule has 3 aliphatic rings. The number of methoxy groups -OCH3 is 3. The molecular formula is C73H86N6O7. The molecule has 86 heavy (non-hydrogen) atoms. The van der Waals surface area contributed by atoms with Crippen LogP contribution in [0.4, 0.5) is 9.59 Å². The van der Waals surface area contributed by atoms with Crippen LogP contribution >= 0.6 is 0 Å². The van der Waals surface area contributed by atoms with Gasteiger partial charge in [-0.15, -0.1) is 0 Å². The molecule has 0 aliphatic carbocycles. The van der Waals surface area contributed by atoms with Gasteiger partial charge in [0.05, 0.1) is 56.2 Å². The van der Waals surface area contributed by atoms with Crippen molar-refractivity contribution in [3.05, 3.63) is 202 Å². The fraction of sp³-hybridized carbons (Fsp3) is 0.411. The SMILES string of the molecule is COc1ccc([C@@H]2CCN(C(=O)OC(C)(C)C)C[C@H]2/C=C/c2cccc(C#N)c2)cc1.COc1ccc([C@@H]2CCN(C(=O)OC(C)(C)C)C[C@H]2CCc2cccc(C#N)c2)cc1.COc1ccc([C@@H]2CCNC[C@H]2CCc2cccc(C#N)c2)cc1. The summed E-state index contributed by atoms with van der Waals surface area (Å²) in [5.74, 6) is 4.88. The maximum Gasteiger partial charge on any atom is 0.410 e. The smallest absolute Gasteiger partial charge is 0.410 e. The molecule has 9 rings (SSSR count). The average Bonchev–Trinajstić information content (AvgIpc) is 3.10. The Hall–Kier alpha value is -8.57. The number of nitrogens with one attached hydrogen (secondary N) is 1. The van der Waals surface area contributed by atoms with Gasteiger partial charge in [0, 0.05) is 32.1 Å². The van der Waals surface area contributed by atoms with Crippen molar-refractivity contribution >= 4 is 18.3 Å². The number of amides is 2. The molecule has 0 saturated carbocycles. The molecule has 3 aliphatic heterocycles. The van der Waals surface area contributed by atoms with Gasteiger partial charge >= 0.3 is 12.2 Å². The molecule has 2 amide bonds. The van der Waals surface area contributed by atoms with Gasteiger partial charge in [-0.05, 0) is 235 Å². The number of ether oxygens (including phenoxy) is 5. The van der Waals surface area contributed by atoms with Crippen LogP contribution in [0.2, 0.25) is 0 Å². The molecule has 1 N–H and O–H groups in total. The second-order valence-electron chi connectivity index (χ2n) is 24.5. The zero-order chi connectivity index (χ0) is 61.6. The van der Waals surface area contributed by atoms with Crippen LogP contribution in [0.1, 0.15) is 141 Å². The minimum Gasteiger partial charge on any atom is -0.497 e. The lowest BCUT2D eigenvalue weighted by Gasteiger charge is -2.39. The molecule has 450 valence electrons. The van der Waals surface area contributed by atoms with Crippen molar-refractivity contribution in [2.24, 2.45) is 17.8 Å². The topological polar surface area (TPSA) is 170 Å². The lowest BCUT2D eigenvalue weighted by molar-refractivity contribution is 0.0137. The van der Waals surface area contributed by atoms with E-state index in [-0.39, 0.29) is 24.0 Å². The third-order valence-electron chi connectivity index (χ3n) is 16.2. The number of hydrogen-bond acceptors (Lipinski definition) is 11. The van der Waals surface area contributed by atoms with Crippen LogP contribution in [-0.2, 0) is 22.3 Å². The maximum absolute atomic E-state index is 12.7. The number of nitriles is 3. The summed E-state index contributed by atoms with van der Waals surface area (Å²) in [6, 6.07) is 54.9. The molecule has 3 fully saturated rings. The van der Waals surface area contributed by atoms with E-state index in [2.05, 4.69) is 90.3 Å². The number of hydrogen-bond donors (Lipinski definition) is 1. The van der Waals surface area contributed by atoms with Crippen molar-refractivity contribution in [2.45, 2.75) is 115 Å². The van der Waals surface area contributed by atoms with Gasteiger partial charge in [-0.25, -0.2) is 9.59 Å². The second-order valence-corrected chi connectivity index (χ2v) is 24.5. The summed E-state index contributed by atoms with van der Waals surface area (Å²) in [6.45, 7) is 16.1. The lowest BCUT2D eigenvalue weighted by atomic mass is 9.77. The molecule has 3 heterocycles. The monoisotopic (exact) mass is 1160 g/mol. The van der Waals surface area contributed by atoms with E-state index in [1.54, 1.807) is 32.3 Å². The summed E-state index contributed by atoms with van der Waals surface area (Å²) >= 11 is 0. The van der Waals surface area contributed by atoms with Gasteiger partial charge in [-0.3, -0.25) is 0 Å². The summed E-state index contributed by atoms with van der Waals surface area (Å²) in [5.41, 5.74) is 8.34. The van der Waals surface area contributed by atoms with Crippen LogP contribution < -0.4 is 19.5 Å². The first-order valence-corrected chi connectivity index (χ1v) is 30.1. The zero-order valence-electron chi connectivity index (χ0n) is 51.8. The summed E-state index contributed by atoms with van der Waals surface area (Å²) in [6.07, 6.45) is 10.6. The van der Waals surface area contributed by atoms with E-state index in [1.807, 2.05) is 131 Å². The highest BCUT2D eigenvalue weighted by Crippen LogP contribution is 2.39. The minimum absolute atomic E-state index is 0.125. The van der Waals surface area contributed by atoms with E-state index in [4.69, 9.17) is 34.2 Å². The predicted molar refractivity (Wildman–Crippen MR) is 339 cm³/mol. The molecule has 6 atom stereocenters. The van der Waals surface area contributed by atoms with E-state index in [0.717, 1.165) is 85.6 Å². The fourth-order valence-electron chi connectivity index (χ4n) is 11.8. The Labute approximate surface area is 511 Å². The van der Waals surface area contributed by atoms with Crippen LogP contribution in [0.3, 0.4) is 0 Å². The van der Waals surface area contributed by atoms with Gasteiger partial charge in [0.15, 0.2) is 0 Å². The molecular weight excluding hydrogens is 1070 g/mol. The number of nitrogens with zero attached hydrogens (tertiary/aromatic N) is 5. The van der Waals surface area contributed by atoms with E-state index in [9.17, 15) is 14.9 Å². The van der Waals surface area contributed by atoms with Crippen LogP contribution in [0.25, 0.3) is 6.08 Å². The van der Waals surface area contributed by atoms with Crippen LogP contribution in [-0.4, -0.2) is 93.8 Å². The molecule has 6 aromatic carbocycles. The number of carbonyl (C=O) groups excluding carboxylic acids is 2. The van der Waals surface area contributed by atoms with Crippen molar-refractivity contribution in [2.75, 3.05) is 60.6 Å². The van der Waals surface area contributed by atoms with Crippen LogP contribution in [0, 0.1) is 51.7 Å². The molecule has 13 nitrogen and oxygen atoms in total. The highest BCUT2D eigenvalue weighted by molar-refractivity contribution is 5.69. The number of carbonyl (C=O) groups is 2. The van der Waals surface area contributed by atoms with Gasteiger partial charge in [0.1, 0.15) is 28.5 Å². The minimum atomic E-state index is -0.521. The first kappa shape index (κ1) is 65.0. The van der Waals surface area contributed by atoms with E-state index >= 15 is 0 Å². The largest absolute Gasteiger partial charge is 0.497 e. The molecule has 0 aromatic heterocycles. The summed E-state index contributed by atoms with van der Waals surface area (Å²) in [7, 11) is 5.04. The Morgan fingerprint density at radius 3 is 1.42 bits per heavy atom. The normalized spacial score (nSPS) is 19.4. The maximum atomic E-state index is 12.7. The Bertz CT molecular complexity index is 3290. The predicted octanol–water partition coefficient (Wildman–Crippen LogP) is 15.1. The van der Waals surface area contributed by atoms with Gasteiger partial charge in [0.25, 0.3) is 0 Å². The number of rotatable bonds is 14. The Kier molecular flexibility index (Phi) is 23.8. The summed E-state index contributed by atoms with van der Waals surface area (Å²) < 4.78 is 27.1. The number of benzene rings is 6. The first-order chi connectivity index (χ1) is 41.4. The lowest BCUT2D eigenvalue weighted by Crippen LogP contribution is -2.45. The quantitative estimate of drug-likeness (QED) is 0.110. The van der Waals surface area contributed by atoms with Crippen molar-refractivity contribution < 1.29 is 33.3 Å². The Morgan fingerprint density at radius 2 is 0.953 bits per heavy atom. The molecule has 6 aromatic rings. The van der Waals surface area contributed by atoms with Gasteiger partial charge in [-0.2, -0.15) is 15.8 Å². The zero-order valence-corrected chi connectivity index (χ0v) is 51.8. The van der Waals surface area contributed by atoms with E-state index in [0.29, 0.717) is 61.0 Å². The third-order valence-corrected chi connectivity index (χ3v) is 16.2. The molecule has 13 heteroatoms. The van der Waals surface area contributed by atoms with Crippen LogP contribution in [0.15, 0.2) is 152 Å². The van der Waals surface area contributed by atoms with E-state index < -0.39 is 11.2 Å². The highest BCUT2D eigenvalue weighted by Gasteiger charge is 2.36.